The summed E-state index contributed by atoms with van der Waals surface area (Å²) in [6.07, 6.45) is 1.88. The molecule has 3 unspecified atom stereocenters. The third-order valence-corrected chi connectivity index (χ3v) is 7.55. The van der Waals surface area contributed by atoms with E-state index >= 15 is 0 Å². The summed E-state index contributed by atoms with van der Waals surface area (Å²) >= 11 is 0. The highest BCUT2D eigenvalue weighted by atomic mass is 31.2. The first-order valence-electron chi connectivity index (χ1n) is 9.58. The zero-order chi connectivity index (χ0) is 20.1. The van der Waals surface area contributed by atoms with Crippen molar-refractivity contribution in [3.8, 4) is 0 Å². The fraction of sp³-hybridized carbons (Fsp3) is 0.318. The van der Waals surface area contributed by atoms with Gasteiger partial charge >= 0.3 is 5.97 Å². The van der Waals surface area contributed by atoms with Crippen LogP contribution in [-0.2, 0) is 15.5 Å². The van der Waals surface area contributed by atoms with E-state index in [-0.39, 0.29) is 6.16 Å². The molecule has 0 aliphatic rings. The second-order valence-corrected chi connectivity index (χ2v) is 9.72. The molecule has 6 heteroatoms. The highest BCUT2D eigenvalue weighted by Crippen LogP contribution is 2.56. The van der Waals surface area contributed by atoms with E-state index in [1.807, 2.05) is 43.3 Å². The van der Waals surface area contributed by atoms with Gasteiger partial charge in [0.15, 0.2) is 0 Å². The molecule has 0 aliphatic heterocycles. The fourth-order valence-electron chi connectivity index (χ4n) is 3.78. The van der Waals surface area contributed by atoms with Crippen LogP contribution >= 0.6 is 7.37 Å². The molecule has 28 heavy (non-hydrogen) atoms. The molecule has 1 aromatic heterocycles. The maximum Gasteiger partial charge on any atom is 0.311 e. The molecule has 0 spiro atoms. The Kier molecular flexibility index (Phi) is 6.38. The van der Waals surface area contributed by atoms with Gasteiger partial charge < -0.3 is 15.0 Å². The SMILES string of the molecule is CCCCC(C(C(=O)O)c1ccccc1)P(=O)(O)Cc1cc2ccccc2[nH]1. The van der Waals surface area contributed by atoms with E-state index in [9.17, 15) is 19.4 Å². The minimum atomic E-state index is -3.80. The van der Waals surface area contributed by atoms with Crippen molar-refractivity contribution in [3.05, 3.63) is 71.9 Å². The Hall–Kier alpha value is -2.36. The van der Waals surface area contributed by atoms with Gasteiger partial charge in [0, 0.05) is 11.2 Å². The minimum Gasteiger partial charge on any atom is -0.481 e. The van der Waals surface area contributed by atoms with Gasteiger partial charge in [0.1, 0.15) is 0 Å². The van der Waals surface area contributed by atoms with E-state index in [0.29, 0.717) is 24.1 Å². The van der Waals surface area contributed by atoms with Crippen LogP contribution in [0.2, 0.25) is 0 Å². The van der Waals surface area contributed by atoms with Gasteiger partial charge in [0.05, 0.1) is 17.7 Å². The Morgan fingerprint density at radius 3 is 2.43 bits per heavy atom. The van der Waals surface area contributed by atoms with Crippen LogP contribution in [0, 0.1) is 0 Å². The Bertz CT molecular complexity index is 949. The number of benzene rings is 2. The molecule has 0 saturated heterocycles. The molecule has 1 heterocycles. The third-order valence-electron chi connectivity index (χ3n) is 5.16. The molecular weight excluding hydrogens is 373 g/mol. The lowest BCUT2D eigenvalue weighted by Gasteiger charge is -2.28. The van der Waals surface area contributed by atoms with Gasteiger partial charge in [-0.2, -0.15) is 0 Å². The van der Waals surface area contributed by atoms with E-state index < -0.39 is 24.9 Å². The molecule has 0 amide bonds. The molecular formula is C22H26NO4P. The van der Waals surface area contributed by atoms with Crippen molar-refractivity contribution in [3.63, 3.8) is 0 Å². The van der Waals surface area contributed by atoms with Crippen molar-refractivity contribution in [1.82, 2.24) is 4.98 Å². The summed E-state index contributed by atoms with van der Waals surface area (Å²) in [5, 5.41) is 10.9. The predicted molar refractivity (Wildman–Crippen MR) is 112 cm³/mol. The number of para-hydroxylation sites is 1. The lowest BCUT2D eigenvalue weighted by molar-refractivity contribution is -0.139. The summed E-state index contributed by atoms with van der Waals surface area (Å²) in [7, 11) is -3.80. The number of aromatic amines is 1. The molecule has 3 aromatic rings. The first-order valence-corrected chi connectivity index (χ1v) is 11.5. The van der Waals surface area contributed by atoms with Crippen LogP contribution < -0.4 is 0 Å². The summed E-state index contributed by atoms with van der Waals surface area (Å²) in [6.45, 7) is 2.00. The van der Waals surface area contributed by atoms with E-state index in [0.717, 1.165) is 17.3 Å². The number of carbonyl (C=O) groups is 1. The zero-order valence-electron chi connectivity index (χ0n) is 15.9. The molecule has 5 nitrogen and oxygen atoms in total. The quantitative estimate of drug-likeness (QED) is 0.422. The normalized spacial score (nSPS) is 15.8. The maximum atomic E-state index is 13.5. The number of unbranched alkanes of at least 4 members (excludes halogenated alkanes) is 1. The Morgan fingerprint density at radius 2 is 1.79 bits per heavy atom. The monoisotopic (exact) mass is 399 g/mol. The summed E-state index contributed by atoms with van der Waals surface area (Å²) in [6, 6.07) is 18.3. The summed E-state index contributed by atoms with van der Waals surface area (Å²) < 4.78 is 13.5. The van der Waals surface area contributed by atoms with Gasteiger partial charge in [0.2, 0.25) is 7.37 Å². The van der Waals surface area contributed by atoms with Gasteiger partial charge in [-0.25, -0.2) is 0 Å². The zero-order valence-corrected chi connectivity index (χ0v) is 16.8. The number of carboxylic acids is 1. The number of hydrogen-bond acceptors (Lipinski definition) is 2. The van der Waals surface area contributed by atoms with E-state index in [1.54, 1.807) is 24.3 Å². The van der Waals surface area contributed by atoms with E-state index in [1.165, 1.54) is 0 Å². The fourth-order valence-corrected chi connectivity index (χ4v) is 6.03. The Labute approximate surface area is 164 Å². The second-order valence-electron chi connectivity index (χ2n) is 7.23. The van der Waals surface area contributed by atoms with Crippen LogP contribution in [0.1, 0.15) is 43.4 Å². The van der Waals surface area contributed by atoms with Gasteiger partial charge in [-0.15, -0.1) is 0 Å². The standard InChI is InChI=1S/C22H26NO4P/c1-2-3-13-20(21(22(24)25)16-9-5-4-6-10-16)28(26,27)15-18-14-17-11-7-8-12-19(17)23-18/h4-12,14,20-21,23H,2-3,13,15H2,1H3,(H,24,25)(H,26,27). The summed E-state index contributed by atoms with van der Waals surface area (Å²) in [5.41, 5.74) is 1.30. The number of hydrogen-bond donors (Lipinski definition) is 3. The average molecular weight is 399 g/mol. The van der Waals surface area contributed by atoms with Gasteiger partial charge in [0.25, 0.3) is 0 Å². The van der Waals surface area contributed by atoms with Crippen molar-refractivity contribution >= 4 is 24.2 Å². The Morgan fingerprint density at radius 1 is 1.11 bits per heavy atom. The van der Waals surface area contributed by atoms with Crippen LogP contribution in [0.3, 0.4) is 0 Å². The molecule has 0 radical (unpaired) electrons. The highest BCUT2D eigenvalue weighted by Gasteiger charge is 2.41. The molecule has 0 bridgehead atoms. The van der Waals surface area contributed by atoms with Crippen LogP contribution in [-0.4, -0.2) is 26.6 Å². The van der Waals surface area contributed by atoms with Crippen molar-refractivity contribution in [2.24, 2.45) is 0 Å². The van der Waals surface area contributed by atoms with Crippen LogP contribution in [0.25, 0.3) is 10.9 Å². The lowest BCUT2D eigenvalue weighted by Crippen LogP contribution is -2.27. The smallest absolute Gasteiger partial charge is 0.311 e. The van der Waals surface area contributed by atoms with E-state index in [2.05, 4.69) is 4.98 Å². The van der Waals surface area contributed by atoms with Crippen molar-refractivity contribution < 1.29 is 19.4 Å². The lowest BCUT2D eigenvalue weighted by atomic mass is 9.93. The molecule has 3 atom stereocenters. The van der Waals surface area contributed by atoms with Gasteiger partial charge in [-0.1, -0.05) is 68.3 Å². The number of H-pyrrole nitrogens is 1. The number of rotatable bonds is 9. The first kappa shape index (κ1) is 20.4. The molecule has 3 rings (SSSR count). The predicted octanol–water partition coefficient (Wildman–Crippen LogP) is 5.37. The number of carboxylic acid groups (broad SMARTS) is 1. The summed E-state index contributed by atoms with van der Waals surface area (Å²) in [5.74, 6) is -2.06. The molecule has 3 N–H and O–H groups in total. The summed E-state index contributed by atoms with van der Waals surface area (Å²) in [4.78, 5) is 26.3. The average Bonchev–Trinajstić information content (AvgIpc) is 3.06. The number of nitrogens with one attached hydrogen (secondary N) is 1. The number of fused-ring (bicyclic) bond motifs is 1. The highest BCUT2D eigenvalue weighted by molar-refractivity contribution is 7.58. The molecule has 2 aromatic carbocycles. The van der Waals surface area contributed by atoms with Gasteiger partial charge in [-0.3, -0.25) is 9.36 Å². The minimum absolute atomic E-state index is 0.0628. The largest absolute Gasteiger partial charge is 0.481 e. The van der Waals surface area contributed by atoms with Gasteiger partial charge in [-0.05, 0) is 29.5 Å². The Balaban J connectivity index is 1.95. The molecule has 0 aliphatic carbocycles. The van der Waals surface area contributed by atoms with Crippen molar-refractivity contribution in [2.75, 3.05) is 0 Å². The van der Waals surface area contributed by atoms with E-state index in [4.69, 9.17) is 0 Å². The first-order chi connectivity index (χ1) is 13.4. The molecule has 0 fully saturated rings. The third kappa shape index (κ3) is 4.54. The molecule has 0 saturated carbocycles. The number of aromatic nitrogens is 1. The van der Waals surface area contributed by atoms with Crippen LogP contribution in [0.5, 0.6) is 0 Å². The van der Waals surface area contributed by atoms with Crippen molar-refractivity contribution in [1.29, 1.82) is 0 Å². The van der Waals surface area contributed by atoms with Crippen LogP contribution in [0.15, 0.2) is 60.7 Å². The van der Waals surface area contributed by atoms with Crippen molar-refractivity contribution in [2.45, 2.75) is 43.9 Å². The molecule has 148 valence electrons. The second kappa shape index (κ2) is 8.76. The maximum absolute atomic E-state index is 13.5. The van der Waals surface area contributed by atoms with Crippen LogP contribution in [0.4, 0.5) is 0 Å². The topological polar surface area (TPSA) is 90.4 Å². The number of aliphatic carboxylic acids is 1.